The summed E-state index contributed by atoms with van der Waals surface area (Å²) < 4.78 is 76.9. The predicted molar refractivity (Wildman–Crippen MR) is 110 cm³/mol. The molecule has 0 N–H and O–H groups in total. The Bertz CT molecular complexity index is 1150. The van der Waals surface area contributed by atoms with Crippen molar-refractivity contribution in [3.05, 3.63) is 93.2 Å². The third-order valence-electron chi connectivity index (χ3n) is 5.00. The molecular formula is C22H14BrF5N2O. The molecule has 1 aliphatic rings. The Morgan fingerprint density at radius 1 is 0.871 bits per heavy atom. The standard InChI is InChI=1S/C22H14BrF5N2O/c1-31-16-5-3-2-4-13(16)15-10-14(11-6-8-12(23)9-7-11)29-30(15)22-20(27)18(25)17(24)19(26)21(22)28/h2-9,15H,10H2,1H3/t15-/m1/s1. The molecule has 0 saturated heterocycles. The van der Waals surface area contributed by atoms with Crippen LogP contribution in [-0.2, 0) is 0 Å². The quantitative estimate of drug-likeness (QED) is 0.233. The lowest BCUT2D eigenvalue weighted by atomic mass is 9.97. The summed E-state index contributed by atoms with van der Waals surface area (Å²) in [5.41, 5.74) is 0.450. The van der Waals surface area contributed by atoms with Gasteiger partial charge in [-0.3, -0.25) is 5.01 Å². The molecule has 0 amide bonds. The lowest BCUT2D eigenvalue weighted by molar-refractivity contribution is 0.376. The summed E-state index contributed by atoms with van der Waals surface area (Å²) in [7, 11) is 1.42. The van der Waals surface area contributed by atoms with Gasteiger partial charge in [-0.2, -0.15) is 5.10 Å². The molecule has 1 aliphatic heterocycles. The van der Waals surface area contributed by atoms with Crippen LogP contribution in [0.3, 0.4) is 0 Å². The zero-order valence-electron chi connectivity index (χ0n) is 16.0. The van der Waals surface area contributed by atoms with E-state index >= 15 is 0 Å². The molecule has 0 unspecified atom stereocenters. The number of hydrogen-bond donors (Lipinski definition) is 0. The zero-order chi connectivity index (χ0) is 22.3. The zero-order valence-corrected chi connectivity index (χ0v) is 17.6. The van der Waals surface area contributed by atoms with Crippen LogP contribution in [-0.4, -0.2) is 12.8 Å². The lowest BCUT2D eigenvalue weighted by Gasteiger charge is -2.26. The molecule has 3 aromatic carbocycles. The van der Waals surface area contributed by atoms with Gasteiger partial charge in [0.15, 0.2) is 23.3 Å². The fourth-order valence-corrected chi connectivity index (χ4v) is 3.78. The number of anilines is 1. The van der Waals surface area contributed by atoms with Crippen molar-refractivity contribution >= 4 is 27.3 Å². The molecule has 0 bridgehead atoms. The van der Waals surface area contributed by atoms with E-state index in [1.165, 1.54) is 7.11 Å². The summed E-state index contributed by atoms with van der Waals surface area (Å²) >= 11 is 3.33. The molecule has 3 aromatic rings. The van der Waals surface area contributed by atoms with E-state index in [0.717, 1.165) is 9.48 Å². The summed E-state index contributed by atoms with van der Waals surface area (Å²) in [4.78, 5) is 0. The Hall–Kier alpha value is -2.94. The monoisotopic (exact) mass is 496 g/mol. The second-order valence-electron chi connectivity index (χ2n) is 6.78. The summed E-state index contributed by atoms with van der Waals surface area (Å²) in [6.07, 6.45) is 0.154. The normalized spacial score (nSPS) is 15.9. The third kappa shape index (κ3) is 3.67. The number of hydrogen-bond acceptors (Lipinski definition) is 3. The predicted octanol–water partition coefficient (Wildman–Crippen LogP) is 6.51. The van der Waals surface area contributed by atoms with Gasteiger partial charge in [0, 0.05) is 16.5 Å². The Labute approximate surface area is 182 Å². The van der Waals surface area contributed by atoms with E-state index in [1.807, 2.05) is 0 Å². The molecule has 0 saturated carbocycles. The molecule has 0 spiro atoms. The molecule has 0 radical (unpaired) electrons. The van der Waals surface area contributed by atoms with Crippen LogP contribution in [0.5, 0.6) is 5.75 Å². The maximum Gasteiger partial charge on any atom is 0.200 e. The second kappa shape index (κ2) is 8.30. The van der Waals surface area contributed by atoms with Gasteiger partial charge in [0.25, 0.3) is 0 Å². The van der Waals surface area contributed by atoms with E-state index in [-0.39, 0.29) is 6.42 Å². The van der Waals surface area contributed by atoms with E-state index in [2.05, 4.69) is 21.0 Å². The van der Waals surface area contributed by atoms with Crippen LogP contribution < -0.4 is 9.75 Å². The maximum atomic E-state index is 14.6. The van der Waals surface area contributed by atoms with Crippen LogP contribution >= 0.6 is 15.9 Å². The fraction of sp³-hybridized carbons (Fsp3) is 0.136. The molecule has 160 valence electrons. The van der Waals surface area contributed by atoms with Gasteiger partial charge in [-0.05, 0) is 23.8 Å². The van der Waals surface area contributed by atoms with Crippen molar-refractivity contribution in [3.63, 3.8) is 0 Å². The highest BCUT2D eigenvalue weighted by molar-refractivity contribution is 9.10. The third-order valence-corrected chi connectivity index (χ3v) is 5.53. The summed E-state index contributed by atoms with van der Waals surface area (Å²) in [6, 6.07) is 12.8. The maximum absolute atomic E-state index is 14.6. The highest BCUT2D eigenvalue weighted by Gasteiger charge is 2.38. The van der Waals surface area contributed by atoms with Crippen LogP contribution in [0.1, 0.15) is 23.6 Å². The van der Waals surface area contributed by atoms with Crippen molar-refractivity contribution in [2.45, 2.75) is 12.5 Å². The summed E-state index contributed by atoms with van der Waals surface area (Å²) in [5, 5.41) is 5.11. The minimum atomic E-state index is -2.22. The first-order chi connectivity index (χ1) is 14.8. The average Bonchev–Trinajstić information content (AvgIpc) is 3.21. The van der Waals surface area contributed by atoms with Crippen LogP contribution in [0.15, 0.2) is 58.1 Å². The number of ether oxygens (including phenoxy) is 1. The minimum Gasteiger partial charge on any atom is -0.496 e. The number of halogens is 6. The topological polar surface area (TPSA) is 24.8 Å². The molecule has 31 heavy (non-hydrogen) atoms. The highest BCUT2D eigenvalue weighted by Crippen LogP contribution is 2.43. The van der Waals surface area contributed by atoms with Gasteiger partial charge in [-0.25, -0.2) is 22.0 Å². The minimum absolute atomic E-state index is 0.154. The SMILES string of the molecule is COc1ccccc1[C@H]1CC(c2ccc(Br)cc2)=NN1c1c(F)c(F)c(F)c(F)c1F. The first-order valence-corrected chi connectivity index (χ1v) is 9.89. The van der Waals surface area contributed by atoms with Gasteiger partial charge < -0.3 is 4.74 Å². The first kappa shape index (κ1) is 21.3. The van der Waals surface area contributed by atoms with Gasteiger partial charge in [-0.1, -0.05) is 46.3 Å². The average molecular weight is 497 g/mol. The number of hydrazone groups is 1. The van der Waals surface area contributed by atoms with Gasteiger partial charge in [0.1, 0.15) is 11.4 Å². The second-order valence-corrected chi connectivity index (χ2v) is 7.69. The number of para-hydroxylation sites is 1. The molecule has 9 heteroatoms. The van der Waals surface area contributed by atoms with E-state index in [4.69, 9.17) is 4.74 Å². The van der Waals surface area contributed by atoms with Crippen LogP contribution in [0.2, 0.25) is 0 Å². The molecule has 0 aliphatic carbocycles. The van der Waals surface area contributed by atoms with Crippen molar-refractivity contribution in [2.24, 2.45) is 5.10 Å². The smallest absolute Gasteiger partial charge is 0.200 e. The van der Waals surface area contributed by atoms with Crippen LogP contribution in [0, 0.1) is 29.1 Å². The largest absolute Gasteiger partial charge is 0.496 e. The van der Waals surface area contributed by atoms with E-state index in [1.54, 1.807) is 48.5 Å². The Morgan fingerprint density at radius 3 is 2.06 bits per heavy atom. The molecular weight excluding hydrogens is 483 g/mol. The van der Waals surface area contributed by atoms with Crippen molar-refractivity contribution in [1.29, 1.82) is 0 Å². The molecule has 3 nitrogen and oxygen atoms in total. The Morgan fingerprint density at radius 2 is 1.45 bits per heavy atom. The molecule has 0 fully saturated rings. The lowest BCUT2D eigenvalue weighted by Crippen LogP contribution is -2.23. The number of rotatable bonds is 4. The molecule has 4 rings (SSSR count). The Kier molecular flexibility index (Phi) is 5.70. The fourth-order valence-electron chi connectivity index (χ4n) is 3.51. The van der Waals surface area contributed by atoms with E-state index < -0.39 is 40.8 Å². The van der Waals surface area contributed by atoms with Gasteiger partial charge in [0.2, 0.25) is 5.82 Å². The molecule has 1 heterocycles. The summed E-state index contributed by atoms with van der Waals surface area (Å²) in [6.45, 7) is 0. The first-order valence-electron chi connectivity index (χ1n) is 9.10. The molecule has 0 aromatic heterocycles. The van der Waals surface area contributed by atoms with Gasteiger partial charge in [0.05, 0.1) is 18.9 Å². The van der Waals surface area contributed by atoms with E-state index in [9.17, 15) is 22.0 Å². The number of methoxy groups -OCH3 is 1. The van der Waals surface area contributed by atoms with Gasteiger partial charge >= 0.3 is 0 Å². The van der Waals surface area contributed by atoms with E-state index in [0.29, 0.717) is 22.6 Å². The molecule has 1 atom stereocenters. The van der Waals surface area contributed by atoms with Gasteiger partial charge in [-0.15, -0.1) is 0 Å². The van der Waals surface area contributed by atoms with Crippen molar-refractivity contribution in [3.8, 4) is 5.75 Å². The van der Waals surface area contributed by atoms with Crippen LogP contribution in [0.4, 0.5) is 27.6 Å². The Balaban J connectivity index is 1.92. The highest BCUT2D eigenvalue weighted by atomic mass is 79.9. The van der Waals surface area contributed by atoms with Crippen molar-refractivity contribution in [2.75, 3.05) is 12.1 Å². The van der Waals surface area contributed by atoms with Crippen molar-refractivity contribution < 1.29 is 26.7 Å². The van der Waals surface area contributed by atoms with Crippen LogP contribution in [0.25, 0.3) is 0 Å². The number of benzene rings is 3. The van der Waals surface area contributed by atoms with Crippen molar-refractivity contribution in [1.82, 2.24) is 0 Å². The summed E-state index contributed by atoms with van der Waals surface area (Å²) in [5.74, 6) is -9.77. The number of nitrogens with zero attached hydrogens (tertiary/aromatic N) is 2.